The molecule has 0 amide bonds. The van der Waals surface area contributed by atoms with E-state index in [1.807, 2.05) is 0 Å². The number of nitrogens with zero attached hydrogens (tertiary/aromatic N) is 2. The molecule has 1 unspecified atom stereocenters. The topological polar surface area (TPSA) is 25.4 Å². The minimum atomic E-state index is 0.274. The SMILES string of the molecule is CCc1csc(N2CCOCC2CCl)n1. The Morgan fingerprint density at radius 2 is 2.60 bits per heavy atom. The maximum atomic E-state index is 5.92. The van der Waals surface area contributed by atoms with Crippen molar-refractivity contribution in [3.8, 4) is 0 Å². The van der Waals surface area contributed by atoms with Crippen LogP contribution >= 0.6 is 22.9 Å². The monoisotopic (exact) mass is 246 g/mol. The van der Waals surface area contributed by atoms with Crippen LogP contribution in [0.4, 0.5) is 5.13 Å². The first-order chi connectivity index (χ1) is 7.35. The molecule has 0 spiro atoms. The van der Waals surface area contributed by atoms with Crippen LogP contribution in [0.1, 0.15) is 12.6 Å². The van der Waals surface area contributed by atoms with Gasteiger partial charge in [-0.05, 0) is 6.42 Å². The number of ether oxygens (including phenoxy) is 1. The highest BCUT2D eigenvalue weighted by Crippen LogP contribution is 2.24. The Kier molecular flexibility index (Phi) is 3.83. The highest BCUT2D eigenvalue weighted by molar-refractivity contribution is 7.13. The van der Waals surface area contributed by atoms with Crippen LogP contribution in [0.2, 0.25) is 0 Å². The van der Waals surface area contributed by atoms with Gasteiger partial charge in [0.2, 0.25) is 0 Å². The van der Waals surface area contributed by atoms with Crippen LogP contribution in [0.15, 0.2) is 5.38 Å². The largest absolute Gasteiger partial charge is 0.377 e. The number of anilines is 1. The second kappa shape index (κ2) is 5.14. The molecule has 3 nitrogen and oxygen atoms in total. The van der Waals surface area contributed by atoms with Gasteiger partial charge in [0.1, 0.15) is 0 Å². The van der Waals surface area contributed by atoms with Crippen molar-refractivity contribution >= 4 is 28.1 Å². The van der Waals surface area contributed by atoms with Gasteiger partial charge in [-0.1, -0.05) is 6.92 Å². The molecule has 1 atom stereocenters. The third kappa shape index (κ3) is 2.44. The molecule has 1 aromatic rings. The Hall–Kier alpha value is -0.320. The van der Waals surface area contributed by atoms with E-state index in [0.29, 0.717) is 12.5 Å². The first-order valence-electron chi connectivity index (χ1n) is 5.20. The van der Waals surface area contributed by atoms with Gasteiger partial charge in [-0.15, -0.1) is 22.9 Å². The quantitative estimate of drug-likeness (QED) is 0.765. The average molecular weight is 247 g/mol. The Morgan fingerprint density at radius 3 is 3.27 bits per heavy atom. The molecule has 2 rings (SSSR count). The molecule has 0 radical (unpaired) electrons. The van der Waals surface area contributed by atoms with E-state index in [1.165, 1.54) is 0 Å². The molecule has 1 fully saturated rings. The van der Waals surface area contributed by atoms with Crippen molar-refractivity contribution < 1.29 is 4.74 Å². The summed E-state index contributed by atoms with van der Waals surface area (Å²) in [5.74, 6) is 0.598. The third-order valence-electron chi connectivity index (χ3n) is 2.55. The maximum Gasteiger partial charge on any atom is 0.185 e. The zero-order chi connectivity index (χ0) is 10.7. The van der Waals surface area contributed by atoms with Crippen molar-refractivity contribution in [1.82, 2.24) is 4.98 Å². The predicted octanol–water partition coefficient (Wildman–Crippen LogP) is 2.15. The summed E-state index contributed by atoms with van der Waals surface area (Å²) in [5.41, 5.74) is 1.16. The van der Waals surface area contributed by atoms with E-state index in [4.69, 9.17) is 16.3 Å². The van der Waals surface area contributed by atoms with E-state index >= 15 is 0 Å². The normalized spacial score (nSPS) is 22.0. The van der Waals surface area contributed by atoms with E-state index in [2.05, 4.69) is 22.2 Å². The summed E-state index contributed by atoms with van der Waals surface area (Å²) in [6, 6.07) is 0.274. The second-order valence-corrected chi connectivity index (χ2v) is 4.70. The zero-order valence-electron chi connectivity index (χ0n) is 8.78. The molecular weight excluding hydrogens is 232 g/mol. The smallest absolute Gasteiger partial charge is 0.185 e. The van der Waals surface area contributed by atoms with Gasteiger partial charge in [0, 0.05) is 17.8 Å². The zero-order valence-corrected chi connectivity index (χ0v) is 10.4. The highest BCUT2D eigenvalue weighted by Gasteiger charge is 2.24. The van der Waals surface area contributed by atoms with Crippen LogP contribution in [0.25, 0.3) is 0 Å². The molecule has 0 aliphatic carbocycles. The molecule has 0 N–H and O–H groups in total. The number of hydrogen-bond donors (Lipinski definition) is 0. The number of alkyl halides is 1. The van der Waals surface area contributed by atoms with Crippen LogP contribution in [-0.2, 0) is 11.2 Å². The highest BCUT2D eigenvalue weighted by atomic mass is 35.5. The van der Waals surface area contributed by atoms with E-state index < -0.39 is 0 Å². The molecule has 0 aromatic carbocycles. The van der Waals surface area contributed by atoms with Gasteiger partial charge in [0.15, 0.2) is 5.13 Å². The first kappa shape index (κ1) is 11.2. The van der Waals surface area contributed by atoms with Gasteiger partial charge >= 0.3 is 0 Å². The fraction of sp³-hybridized carbons (Fsp3) is 0.700. The second-order valence-electron chi connectivity index (χ2n) is 3.55. The third-order valence-corrected chi connectivity index (χ3v) is 3.84. The minimum Gasteiger partial charge on any atom is -0.377 e. The molecule has 84 valence electrons. The summed E-state index contributed by atoms with van der Waals surface area (Å²) in [6.07, 6.45) is 0.992. The summed E-state index contributed by atoms with van der Waals surface area (Å²) in [4.78, 5) is 6.85. The molecule has 0 bridgehead atoms. The van der Waals surface area contributed by atoms with Crippen molar-refractivity contribution in [3.63, 3.8) is 0 Å². The number of rotatable bonds is 3. The summed E-state index contributed by atoms with van der Waals surface area (Å²) in [7, 11) is 0. The molecular formula is C10H15ClN2OS. The number of thiazole rings is 1. The van der Waals surface area contributed by atoms with Gasteiger partial charge in [0.05, 0.1) is 24.9 Å². The van der Waals surface area contributed by atoms with Crippen molar-refractivity contribution in [3.05, 3.63) is 11.1 Å². The molecule has 1 aromatic heterocycles. The van der Waals surface area contributed by atoms with Gasteiger partial charge < -0.3 is 9.64 Å². The van der Waals surface area contributed by atoms with Crippen molar-refractivity contribution in [2.45, 2.75) is 19.4 Å². The molecule has 5 heteroatoms. The van der Waals surface area contributed by atoms with E-state index in [1.54, 1.807) is 11.3 Å². The van der Waals surface area contributed by atoms with E-state index in [0.717, 1.165) is 30.4 Å². The Balaban J connectivity index is 2.12. The number of aromatic nitrogens is 1. The molecule has 1 aliphatic rings. The number of morpholine rings is 1. The van der Waals surface area contributed by atoms with Crippen molar-refractivity contribution in [1.29, 1.82) is 0 Å². The molecule has 1 aliphatic heterocycles. The summed E-state index contributed by atoms with van der Waals surface area (Å²) in [5, 5.41) is 3.21. The predicted molar refractivity (Wildman–Crippen MR) is 64.2 cm³/mol. The van der Waals surface area contributed by atoms with Crippen LogP contribution in [0, 0.1) is 0 Å². The lowest BCUT2D eigenvalue weighted by molar-refractivity contribution is 0.0997. The Bertz CT molecular complexity index is 318. The van der Waals surface area contributed by atoms with Crippen molar-refractivity contribution in [2.24, 2.45) is 0 Å². The maximum absolute atomic E-state index is 5.92. The van der Waals surface area contributed by atoms with Gasteiger partial charge in [-0.2, -0.15) is 0 Å². The molecule has 2 heterocycles. The average Bonchev–Trinajstić information content (AvgIpc) is 2.77. The standard InChI is InChI=1S/C10H15ClN2OS/c1-2-8-7-15-10(12-8)13-3-4-14-6-9(13)5-11/h7,9H,2-6H2,1H3. The summed E-state index contributed by atoms with van der Waals surface area (Å²) in [6.45, 7) is 4.50. The van der Waals surface area contributed by atoms with E-state index in [9.17, 15) is 0 Å². The number of hydrogen-bond acceptors (Lipinski definition) is 4. The van der Waals surface area contributed by atoms with Crippen LogP contribution in [0.5, 0.6) is 0 Å². The lowest BCUT2D eigenvalue weighted by atomic mass is 10.3. The number of aryl methyl sites for hydroxylation is 1. The van der Waals surface area contributed by atoms with Crippen molar-refractivity contribution in [2.75, 3.05) is 30.5 Å². The lowest BCUT2D eigenvalue weighted by Gasteiger charge is -2.34. The first-order valence-corrected chi connectivity index (χ1v) is 6.61. The lowest BCUT2D eigenvalue weighted by Crippen LogP contribution is -2.46. The van der Waals surface area contributed by atoms with E-state index in [-0.39, 0.29) is 6.04 Å². The van der Waals surface area contributed by atoms with Crippen LogP contribution in [0.3, 0.4) is 0 Å². The Labute approximate surface area is 99.0 Å². The molecule has 1 saturated heterocycles. The van der Waals surface area contributed by atoms with Gasteiger partial charge in [-0.3, -0.25) is 0 Å². The van der Waals surface area contributed by atoms with Gasteiger partial charge in [0.25, 0.3) is 0 Å². The Morgan fingerprint density at radius 1 is 1.73 bits per heavy atom. The minimum absolute atomic E-state index is 0.274. The fourth-order valence-corrected chi connectivity index (χ4v) is 2.89. The summed E-state index contributed by atoms with van der Waals surface area (Å²) < 4.78 is 5.41. The van der Waals surface area contributed by atoms with Crippen LogP contribution in [-0.4, -0.2) is 36.7 Å². The molecule has 0 saturated carbocycles. The number of halogens is 1. The van der Waals surface area contributed by atoms with Crippen LogP contribution < -0.4 is 4.90 Å². The van der Waals surface area contributed by atoms with Gasteiger partial charge in [-0.25, -0.2) is 4.98 Å². The molecule has 15 heavy (non-hydrogen) atoms. The fourth-order valence-electron chi connectivity index (χ4n) is 1.63. The summed E-state index contributed by atoms with van der Waals surface area (Å²) >= 11 is 7.62.